The minimum Gasteiger partial charge on any atom is -0.254 e. The molecule has 5 rings (SSSR count). The van der Waals surface area contributed by atoms with Gasteiger partial charge in [0.1, 0.15) is 17.3 Å². The van der Waals surface area contributed by atoms with Gasteiger partial charge in [-0.3, -0.25) is 4.98 Å². The van der Waals surface area contributed by atoms with E-state index in [0.717, 1.165) is 27.3 Å². The molecule has 2 aromatic carbocycles. The molecule has 0 saturated carbocycles. The van der Waals surface area contributed by atoms with Crippen LogP contribution in [0.5, 0.6) is 0 Å². The lowest BCUT2D eigenvalue weighted by atomic mass is 10.2. The molecule has 0 aliphatic carbocycles. The summed E-state index contributed by atoms with van der Waals surface area (Å²) in [5, 5.41) is 10.6. The zero-order valence-corrected chi connectivity index (χ0v) is 16.5. The maximum Gasteiger partial charge on any atom is 0.139 e. The van der Waals surface area contributed by atoms with E-state index in [0.29, 0.717) is 5.69 Å². The van der Waals surface area contributed by atoms with Crippen molar-refractivity contribution in [3.63, 3.8) is 0 Å². The van der Waals surface area contributed by atoms with Crippen LogP contribution in [0.3, 0.4) is 0 Å². The summed E-state index contributed by atoms with van der Waals surface area (Å²) in [5.74, 6) is -0.603. The summed E-state index contributed by atoms with van der Waals surface area (Å²) < 4.78 is 28.9. The Labute approximate surface area is 172 Å². The molecular formula is C23H15F2N4P. The Morgan fingerprint density at radius 3 is 1.97 bits per heavy atom. The topological polar surface area (TPSA) is 43.1 Å². The maximum absolute atomic E-state index is 13.6. The molecule has 3 heterocycles. The van der Waals surface area contributed by atoms with Gasteiger partial charge in [0.05, 0.1) is 16.6 Å². The normalized spacial score (nSPS) is 11.3. The van der Waals surface area contributed by atoms with Crippen molar-refractivity contribution in [1.82, 2.24) is 19.8 Å². The fraction of sp³-hybridized carbons (Fsp3) is 0. The highest BCUT2D eigenvalue weighted by atomic mass is 31.1. The first-order valence-electron chi connectivity index (χ1n) is 9.28. The predicted octanol–water partition coefficient (Wildman–Crippen LogP) is 3.83. The summed E-state index contributed by atoms with van der Waals surface area (Å²) in [6.45, 7) is 0. The fourth-order valence-electron chi connectivity index (χ4n) is 3.35. The van der Waals surface area contributed by atoms with E-state index in [4.69, 9.17) is 0 Å². The van der Waals surface area contributed by atoms with Crippen LogP contribution in [-0.4, -0.2) is 19.8 Å². The quantitative estimate of drug-likeness (QED) is 0.419. The molecule has 0 fully saturated rings. The number of benzene rings is 2. The fourth-order valence-corrected chi connectivity index (χ4v) is 5.65. The summed E-state index contributed by atoms with van der Waals surface area (Å²) in [5.41, 5.74) is 3.14. The molecule has 0 aliphatic rings. The molecule has 7 heteroatoms. The van der Waals surface area contributed by atoms with Crippen molar-refractivity contribution in [3.05, 3.63) is 103 Å². The van der Waals surface area contributed by atoms with Gasteiger partial charge in [-0.1, -0.05) is 41.6 Å². The van der Waals surface area contributed by atoms with E-state index in [-0.39, 0.29) is 11.6 Å². The zero-order chi connectivity index (χ0) is 20.5. The van der Waals surface area contributed by atoms with Crippen molar-refractivity contribution >= 4 is 29.5 Å². The highest BCUT2D eigenvalue weighted by Crippen LogP contribution is 2.33. The SMILES string of the molecule is Fc1ccc(P(c2ccc(F)cc2)c2cccc3c(-c4ccccn4)nnn23)cc1. The average molecular weight is 416 g/mol. The van der Waals surface area contributed by atoms with Gasteiger partial charge in [-0.15, -0.1) is 5.10 Å². The first-order valence-corrected chi connectivity index (χ1v) is 10.6. The molecule has 0 atom stereocenters. The van der Waals surface area contributed by atoms with E-state index in [1.54, 1.807) is 35.0 Å². The number of aromatic nitrogens is 4. The Bertz CT molecular complexity index is 1260. The molecule has 30 heavy (non-hydrogen) atoms. The van der Waals surface area contributed by atoms with Gasteiger partial charge in [0.15, 0.2) is 0 Å². The Hall–Kier alpha value is -3.50. The minimum atomic E-state index is -1.12. The molecular weight excluding hydrogens is 401 g/mol. The van der Waals surface area contributed by atoms with Crippen molar-refractivity contribution in [2.45, 2.75) is 0 Å². The Kier molecular flexibility index (Phi) is 4.77. The molecule has 0 amide bonds. The third-order valence-corrected chi connectivity index (χ3v) is 7.15. The third kappa shape index (κ3) is 3.36. The van der Waals surface area contributed by atoms with Gasteiger partial charge in [-0.25, -0.2) is 13.3 Å². The van der Waals surface area contributed by atoms with Crippen molar-refractivity contribution in [2.75, 3.05) is 0 Å². The molecule has 0 unspecified atom stereocenters. The predicted molar refractivity (Wildman–Crippen MR) is 115 cm³/mol. The van der Waals surface area contributed by atoms with Crippen LogP contribution in [0.15, 0.2) is 91.1 Å². The van der Waals surface area contributed by atoms with Gasteiger partial charge < -0.3 is 0 Å². The number of fused-ring (bicyclic) bond motifs is 1. The number of rotatable bonds is 4. The molecule has 0 saturated heterocycles. The van der Waals surface area contributed by atoms with Crippen LogP contribution in [0.25, 0.3) is 16.9 Å². The summed E-state index contributed by atoms with van der Waals surface area (Å²) in [6, 6.07) is 24.3. The standard InChI is InChI=1S/C23H15F2N4P/c24-16-7-11-18(12-8-16)30(19-13-9-17(25)10-14-19)22-6-3-5-21-23(27-28-29(21)22)20-4-1-2-15-26-20/h1-15H. The second-order valence-electron chi connectivity index (χ2n) is 6.62. The number of halogens is 2. The van der Waals surface area contributed by atoms with E-state index in [9.17, 15) is 8.78 Å². The molecule has 0 radical (unpaired) electrons. The molecule has 0 aliphatic heterocycles. The lowest BCUT2D eigenvalue weighted by Gasteiger charge is -2.19. The van der Waals surface area contributed by atoms with E-state index in [2.05, 4.69) is 15.3 Å². The monoisotopic (exact) mass is 416 g/mol. The minimum absolute atomic E-state index is 0.302. The Balaban J connectivity index is 1.72. The van der Waals surface area contributed by atoms with Crippen LogP contribution >= 0.6 is 7.92 Å². The molecule has 146 valence electrons. The molecule has 0 bridgehead atoms. The van der Waals surface area contributed by atoms with E-state index in [1.165, 1.54) is 24.3 Å². The second-order valence-corrected chi connectivity index (χ2v) is 8.78. The van der Waals surface area contributed by atoms with Crippen LogP contribution in [0.4, 0.5) is 8.78 Å². The summed E-state index contributed by atoms with van der Waals surface area (Å²) in [4.78, 5) is 4.39. The second kappa shape index (κ2) is 7.73. The van der Waals surface area contributed by atoms with Crippen LogP contribution < -0.4 is 16.0 Å². The Morgan fingerprint density at radius 2 is 1.37 bits per heavy atom. The lowest BCUT2D eigenvalue weighted by Crippen LogP contribution is -2.26. The van der Waals surface area contributed by atoms with Gasteiger partial charge >= 0.3 is 0 Å². The zero-order valence-electron chi connectivity index (χ0n) is 15.7. The van der Waals surface area contributed by atoms with Crippen LogP contribution in [0, 0.1) is 11.6 Å². The summed E-state index contributed by atoms with van der Waals surface area (Å²) in [7, 11) is -1.12. The van der Waals surface area contributed by atoms with Gasteiger partial charge in [0, 0.05) is 14.1 Å². The number of hydrogen-bond donors (Lipinski definition) is 0. The third-order valence-electron chi connectivity index (χ3n) is 4.73. The van der Waals surface area contributed by atoms with Crippen LogP contribution in [0.2, 0.25) is 0 Å². The summed E-state index contributed by atoms with van der Waals surface area (Å²) in [6.07, 6.45) is 1.72. The van der Waals surface area contributed by atoms with Gasteiger partial charge in [0.25, 0.3) is 0 Å². The van der Waals surface area contributed by atoms with Crippen molar-refractivity contribution in [1.29, 1.82) is 0 Å². The molecule has 3 aromatic heterocycles. The van der Waals surface area contributed by atoms with Gasteiger partial charge in [-0.2, -0.15) is 0 Å². The average Bonchev–Trinajstić information content (AvgIpc) is 3.22. The van der Waals surface area contributed by atoms with Crippen LogP contribution in [-0.2, 0) is 0 Å². The molecule has 0 N–H and O–H groups in total. The molecule has 0 spiro atoms. The van der Waals surface area contributed by atoms with Crippen molar-refractivity contribution in [2.24, 2.45) is 0 Å². The van der Waals surface area contributed by atoms with E-state index < -0.39 is 7.92 Å². The largest absolute Gasteiger partial charge is 0.254 e. The Morgan fingerprint density at radius 1 is 0.700 bits per heavy atom. The van der Waals surface area contributed by atoms with Crippen LogP contribution in [0.1, 0.15) is 0 Å². The first-order chi connectivity index (χ1) is 14.7. The maximum atomic E-state index is 13.6. The highest BCUT2D eigenvalue weighted by molar-refractivity contribution is 7.79. The number of nitrogens with zero attached hydrogens (tertiary/aromatic N) is 4. The number of pyridine rings is 2. The van der Waals surface area contributed by atoms with E-state index >= 15 is 0 Å². The first kappa shape index (κ1) is 18.5. The smallest absolute Gasteiger partial charge is 0.139 e. The lowest BCUT2D eigenvalue weighted by molar-refractivity contribution is 0.628. The van der Waals surface area contributed by atoms with Crippen molar-refractivity contribution < 1.29 is 8.78 Å². The van der Waals surface area contributed by atoms with Gasteiger partial charge in [0.2, 0.25) is 0 Å². The molecule has 4 nitrogen and oxygen atoms in total. The summed E-state index contributed by atoms with van der Waals surface area (Å²) >= 11 is 0. The van der Waals surface area contributed by atoms with E-state index in [1.807, 2.05) is 36.4 Å². The van der Waals surface area contributed by atoms with Crippen molar-refractivity contribution in [3.8, 4) is 11.4 Å². The number of hydrogen-bond acceptors (Lipinski definition) is 3. The molecule has 5 aromatic rings. The highest BCUT2D eigenvalue weighted by Gasteiger charge is 2.22. The van der Waals surface area contributed by atoms with Gasteiger partial charge in [-0.05, 0) is 59.1 Å².